The summed E-state index contributed by atoms with van der Waals surface area (Å²) in [4.78, 5) is 27.9. The highest BCUT2D eigenvalue weighted by atomic mass is 35.5. The first-order valence-electron chi connectivity index (χ1n) is 10.3. The normalized spacial score (nSPS) is 30.9. The number of hydrogen-bond acceptors (Lipinski definition) is 4. The quantitative estimate of drug-likeness (QED) is 0.713. The predicted octanol–water partition coefficient (Wildman–Crippen LogP) is 2.61. The summed E-state index contributed by atoms with van der Waals surface area (Å²) in [5.74, 6) is 0.580. The number of likely N-dealkylation sites (tertiary alicyclic amines) is 1. The number of likely N-dealkylation sites (N-methyl/N-ethyl adjacent to an activating group) is 1. The Morgan fingerprint density at radius 1 is 1.15 bits per heavy atom. The van der Waals surface area contributed by atoms with E-state index < -0.39 is 5.97 Å². The van der Waals surface area contributed by atoms with Crippen LogP contribution in [0.15, 0.2) is 0 Å². The van der Waals surface area contributed by atoms with Gasteiger partial charge in [-0.15, -0.1) is 12.4 Å². The largest absolute Gasteiger partial charge is 0.480 e. The molecule has 5 atom stereocenters. The SMILES string of the molecule is CC1CCCC(NC(=O)C(C)N2CCCC(N(C)CC(=O)O)CC2)C1C.Cl. The lowest BCUT2D eigenvalue weighted by Crippen LogP contribution is -2.51. The van der Waals surface area contributed by atoms with Gasteiger partial charge >= 0.3 is 5.97 Å². The van der Waals surface area contributed by atoms with Gasteiger partial charge in [0.2, 0.25) is 5.91 Å². The van der Waals surface area contributed by atoms with Crippen molar-refractivity contribution in [2.75, 3.05) is 26.7 Å². The molecule has 0 aromatic rings. The summed E-state index contributed by atoms with van der Waals surface area (Å²) < 4.78 is 0. The number of aliphatic carboxylic acids is 1. The van der Waals surface area contributed by atoms with Gasteiger partial charge in [0.15, 0.2) is 0 Å². The number of amides is 1. The molecule has 1 saturated heterocycles. The minimum Gasteiger partial charge on any atom is -0.480 e. The molecule has 2 fully saturated rings. The zero-order valence-electron chi connectivity index (χ0n) is 17.3. The summed E-state index contributed by atoms with van der Waals surface area (Å²) >= 11 is 0. The Balaban J connectivity index is 0.00000364. The molecule has 1 amide bonds. The highest BCUT2D eigenvalue weighted by Gasteiger charge is 2.31. The van der Waals surface area contributed by atoms with Gasteiger partial charge < -0.3 is 10.4 Å². The maximum absolute atomic E-state index is 12.8. The van der Waals surface area contributed by atoms with Crippen LogP contribution >= 0.6 is 12.4 Å². The average molecular weight is 404 g/mol. The lowest BCUT2D eigenvalue weighted by Gasteiger charge is -2.36. The van der Waals surface area contributed by atoms with Gasteiger partial charge in [-0.05, 0) is 58.0 Å². The van der Waals surface area contributed by atoms with Crippen molar-refractivity contribution in [3.8, 4) is 0 Å². The van der Waals surface area contributed by atoms with Crippen molar-refractivity contribution in [3.05, 3.63) is 0 Å². The van der Waals surface area contributed by atoms with Crippen LogP contribution in [0.1, 0.15) is 59.3 Å². The van der Waals surface area contributed by atoms with E-state index in [1.165, 1.54) is 12.8 Å². The van der Waals surface area contributed by atoms with Crippen LogP contribution in [0.4, 0.5) is 0 Å². The van der Waals surface area contributed by atoms with Gasteiger partial charge in [0.05, 0.1) is 12.6 Å². The van der Waals surface area contributed by atoms with Crippen molar-refractivity contribution in [1.82, 2.24) is 15.1 Å². The molecule has 0 bridgehead atoms. The van der Waals surface area contributed by atoms with Crippen molar-refractivity contribution < 1.29 is 14.7 Å². The predicted molar refractivity (Wildman–Crippen MR) is 110 cm³/mol. The molecule has 1 saturated carbocycles. The first kappa shape index (κ1) is 24.2. The monoisotopic (exact) mass is 403 g/mol. The van der Waals surface area contributed by atoms with Gasteiger partial charge in [0.25, 0.3) is 0 Å². The van der Waals surface area contributed by atoms with Crippen molar-refractivity contribution in [2.45, 2.75) is 77.4 Å². The van der Waals surface area contributed by atoms with Crippen LogP contribution < -0.4 is 5.32 Å². The van der Waals surface area contributed by atoms with Gasteiger partial charge in [-0.25, -0.2) is 0 Å². The molecule has 2 rings (SSSR count). The molecule has 1 heterocycles. The van der Waals surface area contributed by atoms with Crippen molar-refractivity contribution in [1.29, 1.82) is 0 Å². The van der Waals surface area contributed by atoms with E-state index in [2.05, 4.69) is 24.1 Å². The molecule has 1 aliphatic carbocycles. The summed E-state index contributed by atoms with van der Waals surface area (Å²) in [7, 11) is 1.89. The van der Waals surface area contributed by atoms with E-state index >= 15 is 0 Å². The van der Waals surface area contributed by atoms with Gasteiger partial charge in [-0.1, -0.05) is 26.7 Å². The lowest BCUT2D eigenvalue weighted by atomic mass is 9.78. The lowest BCUT2D eigenvalue weighted by molar-refractivity contribution is -0.138. The Kier molecular flexibility index (Phi) is 10.1. The summed E-state index contributed by atoms with van der Waals surface area (Å²) in [5.41, 5.74) is 0. The fourth-order valence-corrected chi connectivity index (χ4v) is 4.53. The van der Waals surface area contributed by atoms with Gasteiger partial charge in [-0.3, -0.25) is 19.4 Å². The van der Waals surface area contributed by atoms with E-state index in [-0.39, 0.29) is 36.9 Å². The third-order valence-corrected chi connectivity index (χ3v) is 6.70. The summed E-state index contributed by atoms with van der Waals surface area (Å²) in [6.07, 6.45) is 6.46. The fraction of sp³-hybridized carbons (Fsp3) is 0.900. The van der Waals surface area contributed by atoms with E-state index in [9.17, 15) is 9.59 Å². The third-order valence-electron chi connectivity index (χ3n) is 6.70. The Morgan fingerprint density at radius 3 is 2.52 bits per heavy atom. The molecule has 27 heavy (non-hydrogen) atoms. The second kappa shape index (κ2) is 11.2. The Bertz CT molecular complexity index is 491. The molecule has 0 spiro atoms. The molecule has 2 N–H and O–H groups in total. The number of hydrogen-bond donors (Lipinski definition) is 2. The number of nitrogens with one attached hydrogen (secondary N) is 1. The molecular weight excluding hydrogens is 366 g/mol. The Morgan fingerprint density at radius 2 is 1.85 bits per heavy atom. The number of carboxylic acids is 1. The number of carboxylic acid groups (broad SMARTS) is 1. The minimum atomic E-state index is -0.780. The number of nitrogens with zero attached hydrogens (tertiary/aromatic N) is 2. The number of carbonyl (C=O) groups excluding carboxylic acids is 1. The molecular formula is C20H38ClN3O3. The number of carbonyl (C=O) groups is 2. The molecule has 0 aromatic heterocycles. The van der Waals surface area contributed by atoms with Crippen LogP contribution in [0.3, 0.4) is 0 Å². The summed E-state index contributed by atoms with van der Waals surface area (Å²) in [6, 6.07) is 0.462. The maximum Gasteiger partial charge on any atom is 0.317 e. The second-order valence-corrected chi connectivity index (χ2v) is 8.49. The van der Waals surface area contributed by atoms with Crippen LogP contribution in [0.5, 0.6) is 0 Å². The van der Waals surface area contributed by atoms with Crippen LogP contribution in [0, 0.1) is 11.8 Å². The zero-order chi connectivity index (χ0) is 19.3. The maximum atomic E-state index is 12.8. The fourth-order valence-electron chi connectivity index (χ4n) is 4.53. The summed E-state index contributed by atoms with van der Waals surface area (Å²) in [6.45, 7) is 8.39. The zero-order valence-corrected chi connectivity index (χ0v) is 18.1. The van der Waals surface area contributed by atoms with Crippen molar-refractivity contribution in [2.24, 2.45) is 11.8 Å². The molecule has 0 aromatic carbocycles. The van der Waals surface area contributed by atoms with Crippen LogP contribution in [-0.2, 0) is 9.59 Å². The highest BCUT2D eigenvalue weighted by molar-refractivity contribution is 5.85. The van der Waals surface area contributed by atoms with Crippen LogP contribution in [-0.4, -0.2) is 71.6 Å². The molecule has 1 aliphatic heterocycles. The van der Waals surface area contributed by atoms with Gasteiger partial charge in [-0.2, -0.15) is 0 Å². The first-order valence-corrected chi connectivity index (χ1v) is 10.3. The summed E-state index contributed by atoms with van der Waals surface area (Å²) in [5, 5.41) is 12.3. The van der Waals surface area contributed by atoms with Crippen molar-refractivity contribution in [3.63, 3.8) is 0 Å². The number of halogens is 1. The third kappa shape index (κ3) is 6.91. The molecule has 6 nitrogen and oxygen atoms in total. The van der Waals surface area contributed by atoms with Gasteiger partial charge in [0, 0.05) is 18.6 Å². The van der Waals surface area contributed by atoms with E-state index in [1.54, 1.807) is 0 Å². The topological polar surface area (TPSA) is 72.9 Å². The molecule has 0 radical (unpaired) electrons. The average Bonchev–Trinajstić information content (AvgIpc) is 2.83. The highest BCUT2D eigenvalue weighted by Crippen LogP contribution is 2.29. The molecule has 2 aliphatic rings. The van der Waals surface area contributed by atoms with E-state index in [0.717, 1.165) is 38.8 Å². The first-order chi connectivity index (χ1) is 12.3. The standard InChI is InChI=1S/C20H37N3O3.ClH/c1-14-7-5-9-18(15(14)2)21-20(26)16(3)23-11-6-8-17(10-12-23)22(4)13-19(24)25;/h14-18H,5-13H2,1-4H3,(H,21,26)(H,24,25);1H. The second-order valence-electron chi connectivity index (χ2n) is 8.49. The smallest absolute Gasteiger partial charge is 0.317 e. The van der Waals surface area contributed by atoms with Crippen LogP contribution in [0.2, 0.25) is 0 Å². The van der Waals surface area contributed by atoms with E-state index in [4.69, 9.17) is 5.11 Å². The molecule has 5 unspecified atom stereocenters. The van der Waals surface area contributed by atoms with E-state index in [1.807, 2.05) is 18.9 Å². The van der Waals surface area contributed by atoms with Crippen LogP contribution in [0.25, 0.3) is 0 Å². The van der Waals surface area contributed by atoms with Crippen molar-refractivity contribution >= 4 is 24.3 Å². The number of rotatable bonds is 6. The Labute approximate surface area is 170 Å². The minimum absolute atomic E-state index is 0. The van der Waals surface area contributed by atoms with E-state index in [0.29, 0.717) is 17.9 Å². The molecule has 158 valence electrons. The van der Waals surface area contributed by atoms with Gasteiger partial charge in [0.1, 0.15) is 0 Å². The Hall–Kier alpha value is -0.850. The molecule has 7 heteroatoms.